The van der Waals surface area contributed by atoms with Crippen LogP contribution in [0.3, 0.4) is 0 Å². The van der Waals surface area contributed by atoms with Crippen molar-refractivity contribution in [1.82, 2.24) is 10.6 Å². The molecule has 31 heavy (non-hydrogen) atoms. The first-order chi connectivity index (χ1) is 15.1. The second-order valence-corrected chi connectivity index (χ2v) is 9.34. The van der Waals surface area contributed by atoms with Crippen molar-refractivity contribution in [3.05, 3.63) is 70.6 Å². The Labute approximate surface area is 187 Å². The summed E-state index contributed by atoms with van der Waals surface area (Å²) in [5.74, 6) is 0.777. The molecule has 1 saturated heterocycles. The van der Waals surface area contributed by atoms with Crippen LogP contribution in [0.5, 0.6) is 5.75 Å². The van der Waals surface area contributed by atoms with Gasteiger partial charge < -0.3 is 15.4 Å². The fourth-order valence-corrected chi connectivity index (χ4v) is 5.52. The van der Waals surface area contributed by atoms with Gasteiger partial charge in [-0.3, -0.25) is 9.59 Å². The van der Waals surface area contributed by atoms with Gasteiger partial charge >= 0.3 is 0 Å². The monoisotopic (exact) mass is 436 g/mol. The number of hydrogen-bond acceptors (Lipinski definition) is 4. The number of amides is 2. The largest absolute Gasteiger partial charge is 0.497 e. The van der Waals surface area contributed by atoms with Crippen LogP contribution in [-0.4, -0.2) is 36.8 Å². The first kappa shape index (κ1) is 21.5. The summed E-state index contributed by atoms with van der Waals surface area (Å²) in [6.45, 7) is 0.641. The Hall–Kier alpha value is -2.73. The van der Waals surface area contributed by atoms with Gasteiger partial charge in [-0.1, -0.05) is 42.5 Å². The Bertz CT molecular complexity index is 960. The molecular weight excluding hydrogens is 408 g/mol. The van der Waals surface area contributed by atoms with E-state index in [1.807, 2.05) is 48.5 Å². The van der Waals surface area contributed by atoms with Gasteiger partial charge in [0, 0.05) is 23.8 Å². The van der Waals surface area contributed by atoms with E-state index in [9.17, 15) is 9.59 Å². The van der Waals surface area contributed by atoms with Gasteiger partial charge in [-0.15, -0.1) is 11.8 Å². The summed E-state index contributed by atoms with van der Waals surface area (Å²) in [4.78, 5) is 26.1. The summed E-state index contributed by atoms with van der Waals surface area (Å²) in [7, 11) is 1.63. The number of fused-ring (bicyclic) bond motifs is 1. The smallest absolute Gasteiger partial charge is 0.257 e. The van der Waals surface area contributed by atoms with Gasteiger partial charge in [-0.05, 0) is 55.0 Å². The lowest BCUT2D eigenvalue weighted by molar-refractivity contribution is -0.127. The molecule has 4 rings (SSSR count). The maximum Gasteiger partial charge on any atom is 0.257 e. The Kier molecular flexibility index (Phi) is 6.97. The normalized spacial score (nSPS) is 24.2. The van der Waals surface area contributed by atoms with E-state index in [1.54, 1.807) is 18.9 Å². The Morgan fingerprint density at radius 1 is 1.19 bits per heavy atom. The molecule has 5 nitrogen and oxygen atoms in total. The van der Waals surface area contributed by atoms with Crippen molar-refractivity contribution >= 4 is 29.7 Å². The van der Waals surface area contributed by atoms with Crippen LogP contribution in [0, 0.1) is 5.92 Å². The van der Waals surface area contributed by atoms with Crippen molar-refractivity contribution in [3.63, 3.8) is 0 Å². The molecule has 1 heterocycles. The lowest BCUT2D eigenvalue weighted by atomic mass is 9.84. The highest BCUT2D eigenvalue weighted by Crippen LogP contribution is 2.40. The lowest BCUT2D eigenvalue weighted by Crippen LogP contribution is -2.51. The van der Waals surface area contributed by atoms with Crippen molar-refractivity contribution in [2.24, 2.45) is 5.92 Å². The summed E-state index contributed by atoms with van der Waals surface area (Å²) in [5, 5.41) is 6.53. The zero-order valence-corrected chi connectivity index (χ0v) is 18.5. The van der Waals surface area contributed by atoms with Crippen LogP contribution in [0.4, 0.5) is 0 Å². The summed E-state index contributed by atoms with van der Waals surface area (Å²) >= 11 is 1.64. The van der Waals surface area contributed by atoms with E-state index < -0.39 is 0 Å². The standard InChI is InChI=1S/C25H28N2O3S/c1-30-20-9-5-8-18(14-20)15-23-25(29)27-21-16-19(10-11-22(21)31-23)24(28)26-13-12-17-6-3-2-4-7-17/h2-9,14-15,19,21-22H,10-13,16H2,1H3,(H,26,28)(H,27,29)/b23-15+. The van der Waals surface area contributed by atoms with Gasteiger partial charge in [-0.2, -0.15) is 0 Å². The van der Waals surface area contributed by atoms with Crippen molar-refractivity contribution in [2.75, 3.05) is 13.7 Å². The van der Waals surface area contributed by atoms with E-state index in [2.05, 4.69) is 22.8 Å². The number of carbonyl (C=O) groups is 2. The third-order valence-electron chi connectivity index (χ3n) is 5.92. The summed E-state index contributed by atoms with van der Waals surface area (Å²) < 4.78 is 5.27. The van der Waals surface area contributed by atoms with E-state index in [-0.39, 0.29) is 23.8 Å². The fourth-order valence-electron chi connectivity index (χ4n) is 4.23. The first-order valence-corrected chi connectivity index (χ1v) is 11.7. The van der Waals surface area contributed by atoms with Crippen LogP contribution in [0.15, 0.2) is 59.5 Å². The molecule has 2 aliphatic rings. The number of carbonyl (C=O) groups excluding carboxylic acids is 2. The average Bonchev–Trinajstić information content (AvgIpc) is 2.80. The number of methoxy groups -OCH3 is 1. The molecule has 2 N–H and O–H groups in total. The molecule has 2 aromatic carbocycles. The topological polar surface area (TPSA) is 67.4 Å². The number of ether oxygens (including phenoxy) is 1. The second-order valence-electron chi connectivity index (χ2n) is 8.06. The highest BCUT2D eigenvalue weighted by molar-refractivity contribution is 8.04. The van der Waals surface area contributed by atoms with Gasteiger partial charge in [0.25, 0.3) is 5.91 Å². The van der Waals surface area contributed by atoms with Crippen LogP contribution in [-0.2, 0) is 16.0 Å². The van der Waals surface area contributed by atoms with E-state index in [1.165, 1.54) is 5.56 Å². The third kappa shape index (κ3) is 5.50. The van der Waals surface area contributed by atoms with E-state index in [0.29, 0.717) is 18.2 Å². The highest BCUT2D eigenvalue weighted by Gasteiger charge is 2.39. The van der Waals surface area contributed by atoms with Crippen molar-refractivity contribution in [3.8, 4) is 5.75 Å². The molecule has 2 fully saturated rings. The van der Waals surface area contributed by atoms with E-state index in [4.69, 9.17) is 4.74 Å². The van der Waals surface area contributed by atoms with Gasteiger partial charge in [0.1, 0.15) is 5.75 Å². The SMILES string of the molecule is COc1cccc(/C=C2/SC3CCC(C(=O)NCCc4ccccc4)CC3NC2=O)c1. The minimum absolute atomic E-state index is 0.0400. The number of hydrogen-bond donors (Lipinski definition) is 2. The Balaban J connectivity index is 1.31. The van der Waals surface area contributed by atoms with E-state index >= 15 is 0 Å². The van der Waals surface area contributed by atoms with Crippen molar-refractivity contribution in [1.29, 1.82) is 0 Å². The fraction of sp³-hybridized carbons (Fsp3) is 0.360. The third-order valence-corrected chi connectivity index (χ3v) is 7.35. The molecule has 1 aliphatic carbocycles. The van der Waals surface area contributed by atoms with Crippen LogP contribution >= 0.6 is 11.8 Å². The molecular formula is C25H28N2O3S. The molecule has 2 amide bonds. The molecule has 0 radical (unpaired) electrons. The molecule has 162 valence electrons. The molecule has 3 atom stereocenters. The molecule has 3 unspecified atom stereocenters. The van der Waals surface area contributed by atoms with Crippen LogP contribution < -0.4 is 15.4 Å². The molecule has 0 spiro atoms. The summed E-state index contributed by atoms with van der Waals surface area (Å²) in [6, 6.07) is 17.9. The quantitative estimate of drug-likeness (QED) is 0.676. The lowest BCUT2D eigenvalue weighted by Gasteiger charge is -2.39. The van der Waals surface area contributed by atoms with Crippen LogP contribution in [0.1, 0.15) is 30.4 Å². The van der Waals surface area contributed by atoms with Gasteiger partial charge in [0.05, 0.1) is 12.0 Å². The maximum absolute atomic E-state index is 12.7. The molecule has 0 aromatic heterocycles. The average molecular weight is 437 g/mol. The van der Waals surface area contributed by atoms with E-state index in [0.717, 1.165) is 35.5 Å². The molecule has 0 bridgehead atoms. The first-order valence-electron chi connectivity index (χ1n) is 10.8. The Morgan fingerprint density at radius 2 is 2.03 bits per heavy atom. The number of thioether (sulfide) groups is 1. The van der Waals surface area contributed by atoms with Gasteiger partial charge in [0.2, 0.25) is 5.91 Å². The predicted molar refractivity (Wildman–Crippen MR) is 125 cm³/mol. The van der Waals surface area contributed by atoms with Gasteiger partial charge in [0.15, 0.2) is 0 Å². The number of nitrogens with one attached hydrogen (secondary N) is 2. The molecule has 1 aliphatic heterocycles. The van der Waals surface area contributed by atoms with Crippen molar-refractivity contribution in [2.45, 2.75) is 37.0 Å². The predicted octanol–water partition coefficient (Wildman–Crippen LogP) is 3.80. The maximum atomic E-state index is 12.7. The van der Waals surface area contributed by atoms with Crippen LogP contribution in [0.2, 0.25) is 0 Å². The highest BCUT2D eigenvalue weighted by atomic mass is 32.2. The summed E-state index contributed by atoms with van der Waals surface area (Å²) in [5.41, 5.74) is 2.17. The van der Waals surface area contributed by atoms with Gasteiger partial charge in [-0.25, -0.2) is 0 Å². The minimum Gasteiger partial charge on any atom is -0.497 e. The number of benzene rings is 2. The summed E-state index contributed by atoms with van der Waals surface area (Å²) in [6.07, 6.45) is 5.22. The molecule has 6 heteroatoms. The second kappa shape index (κ2) is 10.1. The van der Waals surface area contributed by atoms with Crippen LogP contribution in [0.25, 0.3) is 6.08 Å². The molecule has 2 aromatic rings. The molecule has 1 saturated carbocycles. The minimum atomic E-state index is -0.0563. The zero-order valence-electron chi connectivity index (χ0n) is 17.7. The number of rotatable bonds is 6. The Morgan fingerprint density at radius 3 is 2.84 bits per heavy atom. The zero-order chi connectivity index (χ0) is 21.6. The van der Waals surface area contributed by atoms with Crippen molar-refractivity contribution < 1.29 is 14.3 Å².